The minimum absolute atomic E-state index is 0.0238. The van der Waals surface area contributed by atoms with Crippen LogP contribution >= 0.6 is 22.6 Å². The zero-order chi connectivity index (χ0) is 14.7. The number of oxime groups is 1. The third-order valence-corrected chi connectivity index (χ3v) is 3.13. The predicted octanol–water partition coefficient (Wildman–Crippen LogP) is 1.64. The van der Waals surface area contributed by atoms with Gasteiger partial charge in [0.2, 0.25) is 0 Å². The highest BCUT2D eigenvalue weighted by atomic mass is 127. The first-order valence-corrected chi connectivity index (χ1v) is 6.55. The van der Waals surface area contributed by atoms with Gasteiger partial charge in [-0.25, -0.2) is 9.18 Å². The fourth-order valence-electron chi connectivity index (χ4n) is 1.41. The average molecular weight is 388 g/mol. The van der Waals surface area contributed by atoms with Gasteiger partial charge < -0.3 is 10.6 Å². The summed E-state index contributed by atoms with van der Waals surface area (Å²) in [5.41, 5.74) is 6.25. The topological polar surface area (TPSA) is 82.5 Å². The number of halogens is 2. The highest BCUT2D eigenvalue weighted by Gasteiger charge is 2.16. The van der Waals surface area contributed by atoms with Gasteiger partial charge in [0.1, 0.15) is 5.82 Å². The van der Waals surface area contributed by atoms with Gasteiger partial charge in [-0.15, -0.1) is 0 Å². The monoisotopic (exact) mass is 388 g/mol. The maximum absolute atomic E-state index is 12.8. The van der Waals surface area contributed by atoms with E-state index in [0.717, 1.165) is 0 Å². The van der Waals surface area contributed by atoms with E-state index in [4.69, 9.17) is 10.6 Å². The molecule has 20 heavy (non-hydrogen) atoms. The Bertz CT molecular complexity index is 667. The number of benzene rings is 1. The van der Waals surface area contributed by atoms with Crippen LogP contribution in [0.3, 0.4) is 0 Å². The molecule has 0 aliphatic carbocycles. The van der Waals surface area contributed by atoms with E-state index in [9.17, 15) is 9.18 Å². The fraction of sp³-hybridized carbons (Fsp3) is 0.0833. The van der Waals surface area contributed by atoms with E-state index in [0.29, 0.717) is 9.13 Å². The van der Waals surface area contributed by atoms with Crippen LogP contribution in [0.2, 0.25) is 0 Å². The van der Waals surface area contributed by atoms with Crippen LogP contribution in [0.4, 0.5) is 4.39 Å². The summed E-state index contributed by atoms with van der Waals surface area (Å²) in [6.45, 7) is 0. The average Bonchev–Trinajstić information content (AvgIpc) is 2.75. The van der Waals surface area contributed by atoms with Crippen LogP contribution in [0, 0.1) is 9.39 Å². The number of aryl methyl sites for hydroxylation is 1. The molecule has 0 spiro atoms. The lowest BCUT2D eigenvalue weighted by atomic mass is 10.2. The van der Waals surface area contributed by atoms with Gasteiger partial charge in [-0.05, 0) is 46.9 Å². The highest BCUT2D eigenvalue weighted by molar-refractivity contribution is 14.1. The Balaban J connectivity index is 2.10. The van der Waals surface area contributed by atoms with Crippen molar-refractivity contribution in [2.75, 3.05) is 0 Å². The van der Waals surface area contributed by atoms with Gasteiger partial charge >= 0.3 is 5.97 Å². The first-order valence-electron chi connectivity index (χ1n) is 5.47. The molecule has 0 aliphatic heterocycles. The molecule has 0 atom stereocenters. The van der Waals surface area contributed by atoms with Crippen molar-refractivity contribution in [1.82, 2.24) is 9.78 Å². The molecule has 0 radical (unpaired) electrons. The molecule has 1 heterocycles. The molecule has 0 amide bonds. The number of amidine groups is 1. The molecule has 0 fully saturated rings. The van der Waals surface area contributed by atoms with Gasteiger partial charge in [-0.3, -0.25) is 4.68 Å². The van der Waals surface area contributed by atoms with Crippen LogP contribution in [0.25, 0.3) is 0 Å². The van der Waals surface area contributed by atoms with Crippen LogP contribution in [0.1, 0.15) is 16.1 Å². The van der Waals surface area contributed by atoms with E-state index >= 15 is 0 Å². The normalized spacial score (nSPS) is 11.4. The number of hydrogen-bond donors (Lipinski definition) is 1. The van der Waals surface area contributed by atoms with Gasteiger partial charge in [-0.2, -0.15) is 5.10 Å². The number of carbonyl (C=O) groups is 1. The summed E-state index contributed by atoms with van der Waals surface area (Å²) < 4.78 is 14.9. The van der Waals surface area contributed by atoms with Crippen molar-refractivity contribution in [3.63, 3.8) is 0 Å². The van der Waals surface area contributed by atoms with E-state index in [1.54, 1.807) is 13.2 Å². The molecule has 0 saturated carbocycles. The Morgan fingerprint density at radius 3 is 2.65 bits per heavy atom. The molecule has 1 aromatic carbocycles. The summed E-state index contributed by atoms with van der Waals surface area (Å²) in [6, 6.07) is 5.35. The maximum Gasteiger partial charge on any atom is 0.386 e. The third kappa shape index (κ3) is 3.32. The van der Waals surface area contributed by atoms with Gasteiger partial charge in [-0.1, -0.05) is 5.16 Å². The molecule has 0 bridgehead atoms. The predicted molar refractivity (Wildman–Crippen MR) is 78.5 cm³/mol. The molecule has 1 aromatic heterocycles. The first-order chi connectivity index (χ1) is 9.47. The maximum atomic E-state index is 12.8. The molecule has 104 valence electrons. The summed E-state index contributed by atoms with van der Waals surface area (Å²) in [6.07, 6.45) is 1.67. The minimum Gasteiger partial charge on any atom is -0.380 e. The minimum atomic E-state index is -0.708. The van der Waals surface area contributed by atoms with Crippen molar-refractivity contribution in [2.24, 2.45) is 17.9 Å². The zero-order valence-electron chi connectivity index (χ0n) is 10.4. The molecular weight excluding hydrogens is 378 g/mol. The number of aromatic nitrogens is 2. The lowest BCUT2D eigenvalue weighted by molar-refractivity contribution is 0.0507. The Hall–Kier alpha value is -1.97. The van der Waals surface area contributed by atoms with Gasteiger partial charge in [0.05, 0.1) is 3.57 Å². The molecule has 2 N–H and O–H groups in total. The fourth-order valence-corrected chi connectivity index (χ4v) is 2.14. The van der Waals surface area contributed by atoms with Crippen LogP contribution < -0.4 is 5.73 Å². The molecule has 6 nitrogen and oxygen atoms in total. The highest BCUT2D eigenvalue weighted by Crippen LogP contribution is 2.11. The van der Waals surface area contributed by atoms with E-state index < -0.39 is 5.97 Å². The second-order valence-corrected chi connectivity index (χ2v) is 5.02. The zero-order valence-corrected chi connectivity index (χ0v) is 12.5. The van der Waals surface area contributed by atoms with E-state index in [1.807, 2.05) is 22.6 Å². The summed E-state index contributed by atoms with van der Waals surface area (Å²) in [4.78, 5) is 16.5. The Labute approximate surface area is 127 Å². The number of carbonyl (C=O) groups excluding carboxylic acids is 1. The van der Waals surface area contributed by atoms with Crippen molar-refractivity contribution < 1.29 is 14.0 Å². The second-order valence-electron chi connectivity index (χ2n) is 3.86. The van der Waals surface area contributed by atoms with E-state index in [2.05, 4.69) is 10.3 Å². The summed E-state index contributed by atoms with van der Waals surface area (Å²) in [5.74, 6) is -1.12. The second kappa shape index (κ2) is 5.99. The molecular formula is C12H10FIN4O2. The van der Waals surface area contributed by atoms with Crippen molar-refractivity contribution in [1.29, 1.82) is 0 Å². The van der Waals surface area contributed by atoms with Crippen molar-refractivity contribution in [3.8, 4) is 0 Å². The molecule has 2 rings (SSSR count). The standard InChI is InChI=1S/C12H10FIN4O2/c1-18-6-9(14)10(16-18)12(19)20-17-11(15)7-2-4-8(13)5-3-7/h2-6H,1H3,(H2,15,17). The molecule has 0 saturated heterocycles. The number of hydrogen-bond acceptors (Lipinski definition) is 4. The molecule has 8 heteroatoms. The first kappa shape index (κ1) is 14.4. The summed E-state index contributed by atoms with van der Waals surface area (Å²) in [7, 11) is 1.69. The lowest BCUT2D eigenvalue weighted by Gasteiger charge is -2.00. The number of nitrogens with two attached hydrogens (primary N) is 1. The van der Waals surface area contributed by atoms with Crippen molar-refractivity contribution in [2.45, 2.75) is 0 Å². The Kier molecular flexibility index (Phi) is 4.32. The quantitative estimate of drug-likeness (QED) is 0.285. The van der Waals surface area contributed by atoms with Crippen LogP contribution in [0.15, 0.2) is 35.6 Å². The Morgan fingerprint density at radius 1 is 1.45 bits per heavy atom. The van der Waals surface area contributed by atoms with Gasteiger partial charge in [0.15, 0.2) is 11.5 Å². The SMILES string of the molecule is Cn1cc(I)c(C(=O)O/N=C(\N)c2ccc(F)cc2)n1. The third-order valence-electron chi connectivity index (χ3n) is 2.34. The summed E-state index contributed by atoms with van der Waals surface area (Å²) >= 11 is 1.96. The lowest BCUT2D eigenvalue weighted by Crippen LogP contribution is -2.15. The van der Waals surface area contributed by atoms with Gasteiger partial charge in [0, 0.05) is 18.8 Å². The summed E-state index contributed by atoms with van der Waals surface area (Å²) in [5, 5.41) is 7.47. The van der Waals surface area contributed by atoms with Crippen molar-refractivity contribution in [3.05, 3.63) is 51.1 Å². The number of nitrogens with zero attached hydrogens (tertiary/aromatic N) is 3. The van der Waals surface area contributed by atoms with Gasteiger partial charge in [0.25, 0.3) is 0 Å². The molecule has 2 aromatic rings. The molecule has 0 aliphatic rings. The largest absolute Gasteiger partial charge is 0.386 e. The van der Waals surface area contributed by atoms with Crippen LogP contribution in [0.5, 0.6) is 0 Å². The van der Waals surface area contributed by atoms with E-state index in [1.165, 1.54) is 28.9 Å². The van der Waals surface area contributed by atoms with E-state index in [-0.39, 0.29) is 17.3 Å². The Morgan fingerprint density at radius 2 is 2.10 bits per heavy atom. The smallest absolute Gasteiger partial charge is 0.380 e. The van der Waals surface area contributed by atoms with Crippen LogP contribution in [-0.4, -0.2) is 21.6 Å². The van der Waals surface area contributed by atoms with Crippen LogP contribution in [-0.2, 0) is 11.9 Å². The van der Waals surface area contributed by atoms with Crippen molar-refractivity contribution >= 4 is 34.4 Å². The molecule has 0 unspecified atom stereocenters. The number of rotatable bonds is 3.